The predicted molar refractivity (Wildman–Crippen MR) is 73.3 cm³/mol. The lowest BCUT2D eigenvalue weighted by Gasteiger charge is -2.29. The summed E-state index contributed by atoms with van der Waals surface area (Å²) in [6.07, 6.45) is -4.66. The third-order valence-electron chi connectivity index (χ3n) is 4.35. The van der Waals surface area contributed by atoms with Crippen molar-refractivity contribution in [1.82, 2.24) is 0 Å². The van der Waals surface area contributed by atoms with Crippen molar-refractivity contribution in [2.75, 3.05) is 6.61 Å². The highest BCUT2D eigenvalue weighted by atomic mass is 16.6. The molecule has 8 heteroatoms. The zero-order valence-corrected chi connectivity index (χ0v) is 12.0. The lowest BCUT2D eigenvalue weighted by molar-refractivity contribution is -0.169. The molecule has 1 spiro atoms. The van der Waals surface area contributed by atoms with Crippen LogP contribution in [0.2, 0.25) is 0 Å². The van der Waals surface area contributed by atoms with Gasteiger partial charge in [-0.15, -0.1) is 0 Å². The van der Waals surface area contributed by atoms with Crippen molar-refractivity contribution in [3.05, 3.63) is 29.8 Å². The van der Waals surface area contributed by atoms with Crippen molar-refractivity contribution < 1.29 is 39.5 Å². The molecule has 2 fully saturated rings. The van der Waals surface area contributed by atoms with Gasteiger partial charge in [0, 0.05) is 5.92 Å². The van der Waals surface area contributed by atoms with Crippen LogP contribution >= 0.6 is 0 Å². The summed E-state index contributed by atoms with van der Waals surface area (Å²) < 4.78 is 10.1. The maximum absolute atomic E-state index is 12.3. The van der Waals surface area contributed by atoms with Crippen LogP contribution in [0.3, 0.4) is 0 Å². The fraction of sp³-hybridized carbons (Fsp3) is 0.467. The Labute approximate surface area is 130 Å². The number of phenols is 1. The van der Waals surface area contributed by atoms with Gasteiger partial charge in [0.1, 0.15) is 18.0 Å². The Morgan fingerprint density at radius 2 is 1.91 bits per heavy atom. The number of rotatable bonds is 3. The second-order valence-electron chi connectivity index (χ2n) is 5.68. The van der Waals surface area contributed by atoms with Gasteiger partial charge in [0.05, 0.1) is 13.0 Å². The van der Waals surface area contributed by atoms with Crippen LogP contribution in [0.4, 0.5) is 0 Å². The first-order valence-corrected chi connectivity index (χ1v) is 7.09. The summed E-state index contributed by atoms with van der Waals surface area (Å²) in [7, 11) is 0. The van der Waals surface area contributed by atoms with Crippen molar-refractivity contribution in [2.45, 2.75) is 36.3 Å². The molecule has 0 amide bonds. The minimum absolute atomic E-state index is 0.0103. The number of ether oxygens (including phenoxy) is 2. The van der Waals surface area contributed by atoms with Crippen LogP contribution in [0.1, 0.15) is 17.9 Å². The highest BCUT2D eigenvalue weighted by Crippen LogP contribution is 2.48. The summed E-state index contributed by atoms with van der Waals surface area (Å²) in [4.78, 5) is 24.1. The first kappa shape index (κ1) is 15.7. The third kappa shape index (κ3) is 2.26. The summed E-state index contributed by atoms with van der Waals surface area (Å²) in [5, 5.41) is 38.5. The minimum atomic E-state index is -1.96. The average Bonchev–Trinajstić information content (AvgIpc) is 3.01. The van der Waals surface area contributed by atoms with Crippen LogP contribution < -0.4 is 0 Å². The molecule has 2 heterocycles. The van der Waals surface area contributed by atoms with E-state index >= 15 is 0 Å². The Kier molecular flexibility index (Phi) is 3.75. The number of benzene rings is 1. The van der Waals surface area contributed by atoms with Gasteiger partial charge in [0.25, 0.3) is 0 Å². The summed E-state index contributed by atoms with van der Waals surface area (Å²) in [6.45, 7) is -0.719. The number of cyclic esters (lactones) is 1. The van der Waals surface area contributed by atoms with E-state index in [1.165, 1.54) is 24.3 Å². The Morgan fingerprint density at radius 3 is 2.52 bits per heavy atom. The van der Waals surface area contributed by atoms with E-state index in [9.17, 15) is 24.9 Å². The molecule has 0 unspecified atom stereocenters. The summed E-state index contributed by atoms with van der Waals surface area (Å²) in [5.74, 6) is -2.46. The van der Waals surface area contributed by atoms with Crippen LogP contribution in [-0.2, 0) is 19.1 Å². The standard InChI is InChI=1S/C15H16O8/c16-6-10(18)12-13(20)15(14(21)22-12)9(5-11(19)23-15)7-1-3-8(17)4-2-7/h1-4,9-10,12-13,16-18,20H,5-6H2/t9-,10-,12+,13-,15-/m1/s1. The molecule has 2 saturated heterocycles. The normalized spacial score (nSPS) is 34.5. The van der Waals surface area contributed by atoms with Crippen LogP contribution in [0.25, 0.3) is 0 Å². The molecule has 0 aromatic heterocycles. The summed E-state index contributed by atoms with van der Waals surface area (Å²) in [5.41, 5.74) is -1.46. The van der Waals surface area contributed by atoms with E-state index in [-0.39, 0.29) is 12.2 Å². The first-order chi connectivity index (χ1) is 10.9. The van der Waals surface area contributed by atoms with Crippen molar-refractivity contribution >= 4 is 11.9 Å². The van der Waals surface area contributed by atoms with Crippen molar-refractivity contribution in [3.8, 4) is 5.75 Å². The maximum atomic E-state index is 12.3. The van der Waals surface area contributed by atoms with Gasteiger partial charge in [-0.25, -0.2) is 4.79 Å². The van der Waals surface area contributed by atoms with Crippen LogP contribution in [-0.4, -0.2) is 62.9 Å². The molecule has 3 rings (SSSR count). The summed E-state index contributed by atoms with van der Waals surface area (Å²) >= 11 is 0. The SMILES string of the molecule is O=C1C[C@H](c2ccc(O)cc2)[C@]2(O1)C(=O)O[C@@H]([C@H](O)CO)[C@H]2O. The molecule has 2 aliphatic heterocycles. The van der Waals surface area contributed by atoms with E-state index in [0.29, 0.717) is 5.56 Å². The number of carbonyl (C=O) groups is 2. The lowest BCUT2D eigenvalue weighted by Crippen LogP contribution is -2.52. The van der Waals surface area contributed by atoms with Crippen LogP contribution in [0, 0.1) is 0 Å². The van der Waals surface area contributed by atoms with Gasteiger partial charge in [0.15, 0.2) is 6.10 Å². The average molecular weight is 324 g/mol. The number of aromatic hydroxyl groups is 1. The Morgan fingerprint density at radius 1 is 1.26 bits per heavy atom. The highest BCUT2D eigenvalue weighted by molar-refractivity contribution is 5.91. The number of aliphatic hydroxyl groups is 3. The third-order valence-corrected chi connectivity index (χ3v) is 4.35. The maximum Gasteiger partial charge on any atom is 0.354 e. The van der Waals surface area contributed by atoms with Crippen molar-refractivity contribution in [1.29, 1.82) is 0 Å². The van der Waals surface area contributed by atoms with E-state index in [4.69, 9.17) is 14.6 Å². The number of phenolic OH excluding ortho intramolecular Hbond substituents is 1. The fourth-order valence-corrected chi connectivity index (χ4v) is 3.18. The van der Waals surface area contributed by atoms with Gasteiger partial charge < -0.3 is 29.9 Å². The molecule has 2 aliphatic rings. The molecule has 0 radical (unpaired) electrons. The van der Waals surface area contributed by atoms with E-state index < -0.39 is 48.4 Å². The molecule has 1 aromatic rings. The number of esters is 2. The lowest BCUT2D eigenvalue weighted by atomic mass is 9.77. The second kappa shape index (κ2) is 5.48. The molecular formula is C15H16O8. The van der Waals surface area contributed by atoms with E-state index in [1.54, 1.807) is 0 Å². The topological polar surface area (TPSA) is 134 Å². The molecule has 8 nitrogen and oxygen atoms in total. The van der Waals surface area contributed by atoms with E-state index in [1.807, 2.05) is 0 Å². The first-order valence-electron chi connectivity index (χ1n) is 7.09. The molecule has 124 valence electrons. The molecular weight excluding hydrogens is 308 g/mol. The minimum Gasteiger partial charge on any atom is -0.508 e. The smallest absolute Gasteiger partial charge is 0.354 e. The van der Waals surface area contributed by atoms with Gasteiger partial charge in [0.2, 0.25) is 5.60 Å². The molecule has 4 N–H and O–H groups in total. The van der Waals surface area contributed by atoms with Gasteiger partial charge in [-0.2, -0.15) is 0 Å². The van der Waals surface area contributed by atoms with E-state index in [0.717, 1.165) is 0 Å². The Hall–Kier alpha value is -2.16. The molecule has 23 heavy (non-hydrogen) atoms. The van der Waals surface area contributed by atoms with Crippen molar-refractivity contribution in [2.24, 2.45) is 0 Å². The number of hydrogen-bond donors (Lipinski definition) is 4. The molecule has 0 bridgehead atoms. The zero-order valence-electron chi connectivity index (χ0n) is 12.0. The summed E-state index contributed by atoms with van der Waals surface area (Å²) in [6, 6.07) is 5.80. The Balaban J connectivity index is 2.02. The monoisotopic (exact) mass is 324 g/mol. The second-order valence-corrected chi connectivity index (χ2v) is 5.68. The van der Waals surface area contributed by atoms with Gasteiger partial charge in [-0.1, -0.05) is 12.1 Å². The van der Waals surface area contributed by atoms with Crippen molar-refractivity contribution in [3.63, 3.8) is 0 Å². The molecule has 1 aromatic carbocycles. The van der Waals surface area contributed by atoms with E-state index in [2.05, 4.69) is 0 Å². The number of carbonyl (C=O) groups excluding carboxylic acids is 2. The van der Waals surface area contributed by atoms with Gasteiger partial charge in [-0.3, -0.25) is 4.79 Å². The highest BCUT2D eigenvalue weighted by Gasteiger charge is 2.69. The van der Waals surface area contributed by atoms with Gasteiger partial charge in [-0.05, 0) is 17.7 Å². The predicted octanol–water partition coefficient (Wildman–Crippen LogP) is -1.20. The quantitative estimate of drug-likeness (QED) is 0.510. The fourth-order valence-electron chi connectivity index (χ4n) is 3.18. The Bertz CT molecular complexity index is 627. The molecule has 5 atom stereocenters. The zero-order chi connectivity index (χ0) is 16.8. The van der Waals surface area contributed by atoms with Crippen LogP contribution in [0.5, 0.6) is 5.75 Å². The van der Waals surface area contributed by atoms with Gasteiger partial charge >= 0.3 is 11.9 Å². The number of hydrogen-bond acceptors (Lipinski definition) is 8. The van der Waals surface area contributed by atoms with Crippen LogP contribution in [0.15, 0.2) is 24.3 Å². The molecule has 0 aliphatic carbocycles. The molecule has 0 saturated carbocycles. The largest absolute Gasteiger partial charge is 0.508 e. The number of aliphatic hydroxyl groups excluding tert-OH is 3.